The Morgan fingerprint density at radius 3 is 2.65 bits per heavy atom. The maximum atomic E-state index is 13.4. The number of oxazole rings is 1. The van der Waals surface area contributed by atoms with Crippen LogP contribution in [0.4, 0.5) is 11.7 Å². The molecule has 204 valence electrons. The minimum atomic E-state index is -2.17. The molecule has 1 N–H and O–H groups in total. The number of fused-ring (bicyclic) bond motifs is 1. The molecular weight excluding hydrogens is 532 g/mol. The topological polar surface area (TPSA) is 136 Å². The first-order valence-electron chi connectivity index (χ1n) is 13.3. The van der Waals surface area contributed by atoms with Crippen LogP contribution in [-0.4, -0.2) is 50.6 Å². The van der Waals surface area contributed by atoms with Gasteiger partial charge in [0.15, 0.2) is 5.58 Å². The van der Waals surface area contributed by atoms with Gasteiger partial charge in [0.2, 0.25) is 11.8 Å². The minimum Gasteiger partial charge on any atom is -0.772 e. The van der Waals surface area contributed by atoms with E-state index in [0.717, 1.165) is 42.4 Å². The van der Waals surface area contributed by atoms with Gasteiger partial charge in [-0.15, -0.1) is 0 Å². The molecule has 2 atom stereocenters. The van der Waals surface area contributed by atoms with Crippen molar-refractivity contribution in [2.45, 2.75) is 43.4 Å². The second kappa shape index (κ2) is 9.53. The number of anilines is 2. The molecular formula is C29H25N4O6S-. The lowest BCUT2D eigenvalue weighted by molar-refractivity contribution is -0.134. The number of benzene rings is 3. The zero-order chi connectivity index (χ0) is 27.5. The van der Waals surface area contributed by atoms with Crippen LogP contribution in [0.15, 0.2) is 52.9 Å². The molecule has 4 heterocycles. The first kappa shape index (κ1) is 24.9. The van der Waals surface area contributed by atoms with E-state index in [1.165, 1.54) is 5.56 Å². The molecule has 40 heavy (non-hydrogen) atoms. The maximum absolute atomic E-state index is 13.4. The van der Waals surface area contributed by atoms with Crippen molar-refractivity contribution in [3.8, 4) is 0 Å². The molecule has 0 saturated carbocycles. The van der Waals surface area contributed by atoms with E-state index in [0.29, 0.717) is 34.7 Å². The Kier molecular flexibility index (Phi) is 5.93. The van der Waals surface area contributed by atoms with Gasteiger partial charge in [-0.25, -0.2) is 0 Å². The summed E-state index contributed by atoms with van der Waals surface area (Å²) in [6.45, 7) is 1.47. The molecule has 1 aromatic heterocycles. The summed E-state index contributed by atoms with van der Waals surface area (Å²) in [5, 5.41) is 4.25. The summed E-state index contributed by atoms with van der Waals surface area (Å²) < 4.78 is 28.1. The van der Waals surface area contributed by atoms with Crippen LogP contribution in [0.2, 0.25) is 0 Å². The monoisotopic (exact) mass is 557 g/mol. The highest BCUT2D eigenvalue weighted by molar-refractivity contribution is 7.78. The summed E-state index contributed by atoms with van der Waals surface area (Å²) in [4.78, 5) is 46.0. The van der Waals surface area contributed by atoms with Crippen LogP contribution in [0.5, 0.6) is 0 Å². The smallest absolute Gasteiger partial charge is 0.298 e. The molecule has 4 aromatic rings. The predicted molar refractivity (Wildman–Crippen MR) is 148 cm³/mol. The van der Waals surface area contributed by atoms with E-state index >= 15 is 0 Å². The van der Waals surface area contributed by atoms with Gasteiger partial charge in [-0.3, -0.25) is 28.8 Å². The lowest BCUT2D eigenvalue weighted by Gasteiger charge is -2.32. The number of imide groups is 1. The quantitative estimate of drug-likeness (QED) is 0.291. The Morgan fingerprint density at radius 2 is 1.88 bits per heavy atom. The maximum Gasteiger partial charge on any atom is 0.298 e. The highest BCUT2D eigenvalue weighted by atomic mass is 32.2. The van der Waals surface area contributed by atoms with Gasteiger partial charge in [0, 0.05) is 36.2 Å². The normalized spacial score (nSPS) is 20.5. The highest BCUT2D eigenvalue weighted by Gasteiger charge is 2.41. The number of rotatable bonds is 5. The summed E-state index contributed by atoms with van der Waals surface area (Å²) in [6.07, 6.45) is 2.24. The van der Waals surface area contributed by atoms with Gasteiger partial charge in [-0.2, -0.15) is 4.98 Å². The summed E-state index contributed by atoms with van der Waals surface area (Å²) in [5.74, 6) is -0.747. The molecule has 10 nitrogen and oxygen atoms in total. The first-order valence-corrected chi connectivity index (χ1v) is 14.5. The second-order valence-corrected chi connectivity index (χ2v) is 11.4. The van der Waals surface area contributed by atoms with Crippen molar-refractivity contribution in [2.75, 3.05) is 22.9 Å². The van der Waals surface area contributed by atoms with E-state index in [4.69, 9.17) is 4.42 Å². The number of carbonyl (C=O) groups excluding carboxylic acids is 3. The largest absolute Gasteiger partial charge is 0.772 e. The first-order chi connectivity index (χ1) is 19.4. The van der Waals surface area contributed by atoms with Crippen LogP contribution in [0, 0.1) is 0 Å². The average Bonchev–Trinajstić information content (AvgIpc) is 3.49. The van der Waals surface area contributed by atoms with Crippen LogP contribution < -0.4 is 15.1 Å². The third kappa shape index (κ3) is 4.08. The van der Waals surface area contributed by atoms with Crippen LogP contribution in [-0.2, 0) is 26.4 Å². The molecule has 2 fully saturated rings. The lowest BCUT2D eigenvalue weighted by atomic mass is 9.85. The fourth-order valence-corrected chi connectivity index (χ4v) is 6.77. The molecule has 2 saturated heterocycles. The number of nitrogens with one attached hydrogen (secondary N) is 1. The Balaban J connectivity index is 1.14. The van der Waals surface area contributed by atoms with Gasteiger partial charge in [-0.1, -0.05) is 35.3 Å². The number of hydrogen-bond acceptors (Lipinski definition) is 8. The van der Waals surface area contributed by atoms with E-state index in [-0.39, 0.29) is 29.9 Å². The van der Waals surface area contributed by atoms with E-state index in [1.54, 1.807) is 29.2 Å². The Labute approximate surface area is 231 Å². The molecule has 0 aliphatic carbocycles. The number of nitrogens with zero attached hydrogens (tertiary/aromatic N) is 3. The summed E-state index contributed by atoms with van der Waals surface area (Å²) >= 11 is -2.17. The lowest BCUT2D eigenvalue weighted by Crippen LogP contribution is -2.53. The number of carbonyl (C=O) groups is 3. The third-order valence-corrected chi connectivity index (χ3v) is 8.78. The van der Waals surface area contributed by atoms with E-state index < -0.39 is 23.0 Å². The predicted octanol–water partition coefficient (Wildman–Crippen LogP) is 3.51. The zero-order valence-electron chi connectivity index (χ0n) is 21.4. The summed E-state index contributed by atoms with van der Waals surface area (Å²) in [5.41, 5.74) is 4.39. The molecule has 3 aromatic carbocycles. The number of piperidine rings is 2. The van der Waals surface area contributed by atoms with Crippen molar-refractivity contribution in [3.05, 3.63) is 65.2 Å². The number of amides is 3. The fourth-order valence-electron chi connectivity index (χ4n) is 6.32. The van der Waals surface area contributed by atoms with Crippen LogP contribution in [0.3, 0.4) is 0 Å². The Hall–Kier alpha value is -4.09. The molecule has 2 unspecified atom stereocenters. The average molecular weight is 558 g/mol. The van der Waals surface area contributed by atoms with Crippen molar-refractivity contribution in [2.24, 2.45) is 0 Å². The summed E-state index contributed by atoms with van der Waals surface area (Å²) in [6, 6.07) is 14.8. The summed E-state index contributed by atoms with van der Waals surface area (Å²) in [7, 11) is 0. The molecule has 3 aliphatic rings. The molecule has 7 rings (SSSR count). The van der Waals surface area contributed by atoms with Crippen molar-refractivity contribution >= 4 is 62.4 Å². The SMILES string of the molecule is O=C1CCC(N2C(=O)c3cccc4c(C5CCN(c6nc7ccc(CS(=O)[O-])cc7o6)CC5)ccc2c34)C(=O)N1. The van der Waals surface area contributed by atoms with Crippen molar-refractivity contribution in [1.29, 1.82) is 0 Å². The zero-order valence-corrected chi connectivity index (χ0v) is 22.2. The van der Waals surface area contributed by atoms with Gasteiger partial charge in [0.25, 0.3) is 11.9 Å². The minimum absolute atomic E-state index is 0.0668. The van der Waals surface area contributed by atoms with Crippen molar-refractivity contribution in [3.63, 3.8) is 0 Å². The fraction of sp³-hybridized carbons (Fsp3) is 0.310. The molecule has 3 amide bonds. The van der Waals surface area contributed by atoms with Crippen LogP contribution in [0.25, 0.3) is 21.9 Å². The van der Waals surface area contributed by atoms with E-state index in [2.05, 4.69) is 21.3 Å². The molecule has 0 spiro atoms. The molecule has 3 aliphatic heterocycles. The standard InChI is InChI=1S/C29H26N4O6S/c34-25-9-8-23(27(35)31-25)33-22-7-5-18(19-2-1-3-20(26(19)22)28(33)36)17-10-12-32(13-11-17)29-30-21-6-4-16(15-40(37)38)14-24(21)39-29/h1-7,14,17,23H,8-13,15H2,(H,37,38)(H,31,34,35)/p-1. The molecule has 0 radical (unpaired) electrons. The van der Waals surface area contributed by atoms with Crippen molar-refractivity contribution in [1.82, 2.24) is 10.3 Å². The van der Waals surface area contributed by atoms with Gasteiger partial charge < -0.3 is 13.9 Å². The van der Waals surface area contributed by atoms with Crippen molar-refractivity contribution < 1.29 is 27.6 Å². The third-order valence-electron chi connectivity index (χ3n) is 8.21. The van der Waals surface area contributed by atoms with Crippen LogP contribution >= 0.6 is 0 Å². The highest BCUT2D eigenvalue weighted by Crippen LogP contribution is 2.44. The van der Waals surface area contributed by atoms with Gasteiger partial charge >= 0.3 is 0 Å². The van der Waals surface area contributed by atoms with E-state index in [9.17, 15) is 23.1 Å². The molecule has 0 bridgehead atoms. The Morgan fingerprint density at radius 1 is 1.05 bits per heavy atom. The second-order valence-electron chi connectivity index (χ2n) is 10.6. The number of hydrogen-bond donors (Lipinski definition) is 1. The number of aromatic nitrogens is 1. The Bertz CT molecular complexity index is 1740. The van der Waals surface area contributed by atoms with E-state index in [1.807, 2.05) is 18.2 Å². The van der Waals surface area contributed by atoms with Crippen LogP contribution in [0.1, 0.15) is 53.1 Å². The van der Waals surface area contributed by atoms with Gasteiger partial charge in [0.1, 0.15) is 11.6 Å². The van der Waals surface area contributed by atoms with Gasteiger partial charge in [-0.05, 0) is 66.0 Å². The van der Waals surface area contributed by atoms with Gasteiger partial charge in [0.05, 0.1) is 5.69 Å². The molecule has 11 heteroatoms.